The molecule has 2 aromatic rings. The number of allylic oxidation sites excluding steroid dienone is 1. The molecule has 1 heterocycles. The van der Waals surface area contributed by atoms with Crippen molar-refractivity contribution in [2.24, 2.45) is 0 Å². The molecule has 0 saturated heterocycles. The predicted octanol–water partition coefficient (Wildman–Crippen LogP) is 4.78. The van der Waals surface area contributed by atoms with Crippen LogP contribution in [0.2, 0.25) is 0 Å². The van der Waals surface area contributed by atoms with Crippen LogP contribution in [0.4, 0.5) is 13.2 Å². The lowest BCUT2D eigenvalue weighted by Gasteiger charge is -2.07. The van der Waals surface area contributed by atoms with Crippen molar-refractivity contribution in [2.45, 2.75) is 20.0 Å². The van der Waals surface area contributed by atoms with Crippen LogP contribution < -0.4 is 0 Å². The Bertz CT molecular complexity index is 751. The van der Waals surface area contributed by atoms with E-state index in [2.05, 4.69) is 4.98 Å². The molecule has 0 unspecified atom stereocenters. The van der Waals surface area contributed by atoms with E-state index in [1.807, 2.05) is 38.1 Å². The van der Waals surface area contributed by atoms with Crippen LogP contribution in [0, 0.1) is 25.2 Å². The molecule has 22 heavy (non-hydrogen) atoms. The molecule has 0 aliphatic heterocycles. The quantitative estimate of drug-likeness (QED) is 0.748. The summed E-state index contributed by atoms with van der Waals surface area (Å²) in [7, 11) is 0. The van der Waals surface area contributed by atoms with Crippen LogP contribution in [-0.2, 0) is 6.18 Å². The number of halogens is 3. The molecule has 0 spiro atoms. The third-order valence-electron chi connectivity index (χ3n) is 3.21. The maximum atomic E-state index is 12.5. The van der Waals surface area contributed by atoms with Crippen molar-refractivity contribution in [1.29, 1.82) is 5.26 Å². The minimum Gasteiger partial charge on any atom is -0.255 e. The minimum absolute atomic E-state index is 0.218. The second-order valence-electron chi connectivity index (χ2n) is 4.96. The first-order valence-corrected chi connectivity index (χ1v) is 6.54. The lowest BCUT2D eigenvalue weighted by molar-refractivity contribution is -0.137. The van der Waals surface area contributed by atoms with Crippen LogP contribution in [0.1, 0.15) is 27.9 Å². The van der Waals surface area contributed by atoms with Gasteiger partial charge in [-0.25, -0.2) is 0 Å². The number of nitrogens with zero attached hydrogens (tertiary/aromatic N) is 2. The predicted molar refractivity (Wildman–Crippen MR) is 78.6 cm³/mol. The normalized spacial score (nSPS) is 12.1. The molecule has 0 N–H and O–H groups in total. The van der Waals surface area contributed by atoms with E-state index in [4.69, 9.17) is 0 Å². The average Bonchev–Trinajstić information content (AvgIpc) is 2.46. The van der Waals surface area contributed by atoms with Gasteiger partial charge < -0.3 is 0 Å². The first kappa shape index (κ1) is 15.8. The molecule has 0 saturated carbocycles. The number of alkyl halides is 3. The van der Waals surface area contributed by atoms with Crippen molar-refractivity contribution in [3.63, 3.8) is 0 Å². The smallest absolute Gasteiger partial charge is 0.255 e. The lowest BCUT2D eigenvalue weighted by atomic mass is 10.0. The van der Waals surface area contributed by atoms with Crippen molar-refractivity contribution in [3.05, 3.63) is 64.5 Å². The van der Waals surface area contributed by atoms with Gasteiger partial charge >= 0.3 is 6.18 Å². The fourth-order valence-electron chi connectivity index (χ4n) is 2.03. The van der Waals surface area contributed by atoms with E-state index in [9.17, 15) is 18.4 Å². The molecule has 0 aliphatic rings. The maximum absolute atomic E-state index is 12.5. The summed E-state index contributed by atoms with van der Waals surface area (Å²) in [4.78, 5) is 3.75. The van der Waals surface area contributed by atoms with Gasteiger partial charge in [0.2, 0.25) is 0 Å². The Kier molecular flexibility index (Phi) is 4.32. The molecule has 0 aliphatic carbocycles. The third-order valence-corrected chi connectivity index (χ3v) is 3.21. The molecule has 2 rings (SSSR count). The van der Waals surface area contributed by atoms with Gasteiger partial charge in [0.25, 0.3) is 0 Å². The third kappa shape index (κ3) is 3.53. The van der Waals surface area contributed by atoms with Crippen LogP contribution in [0.5, 0.6) is 0 Å². The largest absolute Gasteiger partial charge is 0.417 e. The highest BCUT2D eigenvalue weighted by Gasteiger charge is 2.30. The van der Waals surface area contributed by atoms with Gasteiger partial charge in [0, 0.05) is 6.20 Å². The molecule has 0 atom stereocenters. The molecule has 0 radical (unpaired) electrons. The number of rotatable bonds is 2. The average molecular weight is 302 g/mol. The zero-order chi connectivity index (χ0) is 16.3. The summed E-state index contributed by atoms with van der Waals surface area (Å²) < 4.78 is 37.6. The van der Waals surface area contributed by atoms with Crippen molar-refractivity contribution in [2.75, 3.05) is 0 Å². The first-order valence-electron chi connectivity index (χ1n) is 6.54. The molecule has 1 aromatic heterocycles. The van der Waals surface area contributed by atoms with E-state index in [1.54, 1.807) is 6.08 Å². The van der Waals surface area contributed by atoms with Crippen molar-refractivity contribution >= 4 is 11.6 Å². The molecule has 0 fully saturated rings. The molecule has 0 bridgehead atoms. The second kappa shape index (κ2) is 6.02. The Morgan fingerprint density at radius 2 is 1.91 bits per heavy atom. The number of benzene rings is 1. The van der Waals surface area contributed by atoms with E-state index in [0.717, 1.165) is 29.0 Å². The Morgan fingerprint density at radius 3 is 2.41 bits per heavy atom. The molecular weight excluding hydrogens is 289 g/mol. The number of aromatic nitrogens is 1. The van der Waals surface area contributed by atoms with E-state index in [0.29, 0.717) is 0 Å². The topological polar surface area (TPSA) is 36.7 Å². The van der Waals surface area contributed by atoms with E-state index in [1.165, 1.54) is 6.07 Å². The standard InChI is InChI=1S/C17H13F3N2/c1-11-3-4-13(12(2)7-11)8-14(9-21)16-6-5-15(10-22-16)17(18,19)20/h3-8,10H,1-2H3/b14-8+. The summed E-state index contributed by atoms with van der Waals surface area (Å²) in [6.45, 7) is 3.87. The highest BCUT2D eigenvalue weighted by Crippen LogP contribution is 2.29. The molecule has 1 aromatic carbocycles. The summed E-state index contributed by atoms with van der Waals surface area (Å²) in [5.41, 5.74) is 2.53. The Balaban J connectivity index is 2.40. The number of hydrogen-bond donors (Lipinski definition) is 0. The monoisotopic (exact) mass is 302 g/mol. The van der Waals surface area contributed by atoms with E-state index in [-0.39, 0.29) is 11.3 Å². The van der Waals surface area contributed by atoms with Crippen molar-refractivity contribution < 1.29 is 13.2 Å². The molecular formula is C17H13F3N2. The Morgan fingerprint density at radius 1 is 1.18 bits per heavy atom. The fourth-order valence-corrected chi connectivity index (χ4v) is 2.03. The summed E-state index contributed by atoms with van der Waals surface area (Å²) in [6, 6.07) is 9.87. The SMILES string of the molecule is Cc1ccc(/C=C(\C#N)c2ccc(C(F)(F)F)cn2)c(C)c1. The number of pyridine rings is 1. The second-order valence-corrected chi connectivity index (χ2v) is 4.96. The van der Waals surface area contributed by atoms with Gasteiger partial charge in [0.1, 0.15) is 6.07 Å². The lowest BCUT2D eigenvalue weighted by Crippen LogP contribution is -2.05. The van der Waals surface area contributed by atoms with Crippen molar-refractivity contribution in [1.82, 2.24) is 4.98 Å². The van der Waals surface area contributed by atoms with E-state index >= 15 is 0 Å². The molecule has 0 amide bonds. The highest BCUT2D eigenvalue weighted by molar-refractivity contribution is 5.88. The van der Waals surface area contributed by atoms with Gasteiger partial charge in [-0.15, -0.1) is 0 Å². The highest BCUT2D eigenvalue weighted by atomic mass is 19.4. The number of hydrogen-bond acceptors (Lipinski definition) is 2. The zero-order valence-electron chi connectivity index (χ0n) is 12.1. The first-order chi connectivity index (χ1) is 10.3. The van der Waals surface area contributed by atoms with Gasteiger partial charge in [0.15, 0.2) is 0 Å². The van der Waals surface area contributed by atoms with Gasteiger partial charge in [-0.1, -0.05) is 23.8 Å². The Hall–Kier alpha value is -2.61. The van der Waals surface area contributed by atoms with Gasteiger partial charge in [0.05, 0.1) is 16.8 Å². The fraction of sp³-hybridized carbons (Fsp3) is 0.176. The zero-order valence-corrected chi connectivity index (χ0v) is 12.1. The van der Waals surface area contributed by atoms with Crippen LogP contribution in [0.3, 0.4) is 0 Å². The minimum atomic E-state index is -4.43. The summed E-state index contributed by atoms with van der Waals surface area (Å²) in [5.74, 6) is 0. The van der Waals surface area contributed by atoms with Crippen LogP contribution in [0.15, 0.2) is 36.5 Å². The number of nitriles is 1. The van der Waals surface area contributed by atoms with Crippen molar-refractivity contribution in [3.8, 4) is 6.07 Å². The van der Waals surface area contributed by atoms with Crippen LogP contribution >= 0.6 is 0 Å². The maximum Gasteiger partial charge on any atom is 0.417 e. The Labute approximate surface area is 126 Å². The van der Waals surface area contributed by atoms with Gasteiger partial charge in [-0.2, -0.15) is 18.4 Å². The molecule has 112 valence electrons. The molecule has 2 nitrogen and oxygen atoms in total. The van der Waals surface area contributed by atoms with E-state index < -0.39 is 11.7 Å². The van der Waals surface area contributed by atoms with Gasteiger partial charge in [-0.05, 0) is 43.2 Å². The number of aryl methyl sites for hydroxylation is 2. The summed E-state index contributed by atoms with van der Waals surface area (Å²) >= 11 is 0. The van der Waals surface area contributed by atoms with Crippen LogP contribution in [0.25, 0.3) is 11.6 Å². The summed E-state index contributed by atoms with van der Waals surface area (Å²) in [6.07, 6.45) is -2.07. The molecule has 5 heteroatoms. The van der Waals surface area contributed by atoms with Gasteiger partial charge in [-0.3, -0.25) is 4.98 Å². The van der Waals surface area contributed by atoms with Crippen LogP contribution in [-0.4, -0.2) is 4.98 Å². The summed E-state index contributed by atoms with van der Waals surface area (Å²) in [5, 5.41) is 9.23.